The molecule has 0 atom stereocenters. The standard InChI is InChI=1S/C39H50N8O4/c1-6-16-46(25(4)21-41-26(5)48)18-15-40-32(8-3)29-11-13-30-34(20-29)44-33-14-12-28(19-31(33)38(30)50)35-22-42-36(45-35)24-47(17-7-2)37(49)23-43-39(51)27-9-10-27/h8,11-14,19-20,22,40,43,51H,4,6-7,9-10,15-18,21,23-24H2,1-3,5H3,(H,41,48)(H,42,45)(H,44,50)/b32-8-. The number of rotatable bonds is 18. The molecule has 1 fully saturated rings. The molecule has 12 heteroatoms. The Bertz CT molecular complexity index is 2020. The van der Waals surface area contributed by atoms with Crippen LogP contribution in [0.1, 0.15) is 64.8 Å². The number of aromatic amines is 2. The van der Waals surface area contributed by atoms with Gasteiger partial charge in [-0.1, -0.05) is 38.6 Å². The molecule has 270 valence electrons. The molecule has 2 aromatic heterocycles. The smallest absolute Gasteiger partial charge is 0.242 e. The number of amides is 2. The van der Waals surface area contributed by atoms with E-state index in [1.807, 2.05) is 56.3 Å². The van der Waals surface area contributed by atoms with Gasteiger partial charge in [0, 0.05) is 66.3 Å². The van der Waals surface area contributed by atoms with E-state index in [0.29, 0.717) is 42.8 Å². The van der Waals surface area contributed by atoms with Crippen LogP contribution >= 0.6 is 0 Å². The topological polar surface area (TPSA) is 158 Å². The van der Waals surface area contributed by atoms with E-state index in [1.165, 1.54) is 6.92 Å². The summed E-state index contributed by atoms with van der Waals surface area (Å²) in [7, 11) is 0. The summed E-state index contributed by atoms with van der Waals surface area (Å²) in [4.78, 5) is 53.2. The Hall–Kier alpha value is -5.52. The maximum absolute atomic E-state index is 13.8. The molecule has 12 nitrogen and oxygen atoms in total. The van der Waals surface area contributed by atoms with E-state index in [1.54, 1.807) is 11.1 Å². The summed E-state index contributed by atoms with van der Waals surface area (Å²) >= 11 is 0. The predicted molar refractivity (Wildman–Crippen MR) is 204 cm³/mol. The van der Waals surface area contributed by atoms with Crippen molar-refractivity contribution in [3.63, 3.8) is 0 Å². The number of benzene rings is 2. The zero-order valence-electron chi connectivity index (χ0n) is 30.1. The molecule has 5 rings (SSSR count). The van der Waals surface area contributed by atoms with E-state index in [2.05, 4.69) is 49.3 Å². The van der Waals surface area contributed by atoms with Crippen LogP contribution in [0.2, 0.25) is 0 Å². The van der Waals surface area contributed by atoms with Crippen molar-refractivity contribution in [2.45, 2.75) is 59.9 Å². The van der Waals surface area contributed by atoms with E-state index < -0.39 is 0 Å². The summed E-state index contributed by atoms with van der Waals surface area (Å²) in [6.45, 7) is 15.3. The zero-order chi connectivity index (χ0) is 36.5. The number of fused-ring (bicyclic) bond motifs is 2. The monoisotopic (exact) mass is 694 g/mol. The van der Waals surface area contributed by atoms with Crippen LogP contribution in [0.5, 0.6) is 0 Å². The van der Waals surface area contributed by atoms with Gasteiger partial charge in [0.1, 0.15) is 5.82 Å². The molecule has 51 heavy (non-hydrogen) atoms. The molecule has 2 aromatic carbocycles. The second kappa shape index (κ2) is 16.9. The van der Waals surface area contributed by atoms with Gasteiger partial charge in [-0.3, -0.25) is 14.4 Å². The van der Waals surface area contributed by atoms with Crippen LogP contribution in [0.4, 0.5) is 0 Å². The number of allylic oxidation sites excluding steroid dienone is 2. The average Bonchev–Trinajstić information content (AvgIpc) is 3.88. The fourth-order valence-electron chi connectivity index (χ4n) is 6.07. The normalized spacial score (nSPS) is 12.5. The van der Waals surface area contributed by atoms with E-state index >= 15 is 0 Å². The van der Waals surface area contributed by atoms with Gasteiger partial charge in [-0.15, -0.1) is 0 Å². The molecule has 1 aliphatic carbocycles. The summed E-state index contributed by atoms with van der Waals surface area (Å²) in [5.41, 5.74) is 6.72. The number of hydrogen-bond acceptors (Lipinski definition) is 8. The lowest BCUT2D eigenvalue weighted by Gasteiger charge is -2.27. The number of aliphatic hydroxyl groups excluding tert-OH is 1. The Balaban J connectivity index is 1.28. The summed E-state index contributed by atoms with van der Waals surface area (Å²) in [5, 5.41) is 20.4. The molecule has 0 radical (unpaired) electrons. The number of carbonyl (C=O) groups is 2. The van der Waals surface area contributed by atoms with Gasteiger partial charge in [-0.2, -0.15) is 0 Å². The molecule has 1 aliphatic rings. The van der Waals surface area contributed by atoms with E-state index in [-0.39, 0.29) is 29.7 Å². The first-order valence-corrected chi connectivity index (χ1v) is 17.8. The van der Waals surface area contributed by atoms with Crippen LogP contribution in [0.15, 0.2) is 77.2 Å². The highest BCUT2D eigenvalue weighted by Gasteiger charge is 2.20. The lowest BCUT2D eigenvalue weighted by Crippen LogP contribution is -2.38. The number of carbonyl (C=O) groups excluding carboxylic acids is 2. The maximum atomic E-state index is 13.8. The first kappa shape index (κ1) is 36.8. The Kier molecular flexibility index (Phi) is 12.2. The lowest BCUT2D eigenvalue weighted by atomic mass is 10.0. The molecular formula is C39H50N8O4. The van der Waals surface area contributed by atoms with E-state index in [0.717, 1.165) is 83.6 Å². The van der Waals surface area contributed by atoms with Gasteiger partial charge in [0.2, 0.25) is 11.8 Å². The predicted octanol–water partition coefficient (Wildman–Crippen LogP) is 5.28. The van der Waals surface area contributed by atoms with Gasteiger partial charge in [-0.25, -0.2) is 4.98 Å². The van der Waals surface area contributed by atoms with Crippen LogP contribution in [-0.4, -0.2) is 80.9 Å². The first-order valence-electron chi connectivity index (χ1n) is 17.8. The third-order valence-corrected chi connectivity index (χ3v) is 8.94. The molecule has 0 aliphatic heterocycles. The summed E-state index contributed by atoms with van der Waals surface area (Å²) in [6, 6.07) is 11.5. The Morgan fingerprint density at radius 1 is 0.941 bits per heavy atom. The largest absolute Gasteiger partial charge is 0.495 e. The van der Waals surface area contributed by atoms with Gasteiger partial charge in [-0.05, 0) is 68.0 Å². The number of H-pyrrole nitrogens is 2. The molecule has 0 bridgehead atoms. The minimum Gasteiger partial charge on any atom is -0.495 e. The van der Waals surface area contributed by atoms with Gasteiger partial charge in [0.25, 0.3) is 0 Å². The number of pyridine rings is 1. The van der Waals surface area contributed by atoms with Crippen molar-refractivity contribution >= 4 is 39.3 Å². The van der Waals surface area contributed by atoms with E-state index in [4.69, 9.17) is 0 Å². The highest BCUT2D eigenvalue weighted by atomic mass is 16.3. The molecule has 0 unspecified atom stereocenters. The molecule has 4 aromatic rings. The van der Waals surface area contributed by atoms with Crippen LogP contribution in [-0.2, 0) is 16.1 Å². The third kappa shape index (κ3) is 9.39. The van der Waals surface area contributed by atoms with Crippen molar-refractivity contribution in [1.82, 2.24) is 40.7 Å². The summed E-state index contributed by atoms with van der Waals surface area (Å²) in [5.74, 6) is 0.556. The van der Waals surface area contributed by atoms with Gasteiger partial charge < -0.3 is 40.8 Å². The number of nitrogens with zero attached hydrogens (tertiary/aromatic N) is 3. The third-order valence-electron chi connectivity index (χ3n) is 8.94. The molecule has 0 saturated heterocycles. The molecular weight excluding hydrogens is 644 g/mol. The van der Waals surface area contributed by atoms with Gasteiger partial charge in [0.05, 0.1) is 37.0 Å². The molecule has 6 N–H and O–H groups in total. The molecule has 2 heterocycles. The average molecular weight is 695 g/mol. The van der Waals surface area contributed by atoms with Crippen molar-refractivity contribution in [1.29, 1.82) is 0 Å². The second-order valence-electron chi connectivity index (χ2n) is 12.9. The summed E-state index contributed by atoms with van der Waals surface area (Å²) < 4.78 is 0. The fraction of sp³-hybridized carbons (Fsp3) is 0.385. The van der Waals surface area contributed by atoms with Crippen LogP contribution in [0.25, 0.3) is 38.8 Å². The SMILES string of the molecule is C=C(CNC(C)=O)N(CCC)CCN/C(=C\C)c1ccc2c(=O)c3cc(-c4cnc(CN(CCC)C(=O)CNC(O)=C5CC5)[nH]4)ccc3[nH]c2c1. The van der Waals surface area contributed by atoms with Crippen molar-refractivity contribution in [2.24, 2.45) is 0 Å². The highest BCUT2D eigenvalue weighted by Crippen LogP contribution is 2.29. The van der Waals surface area contributed by atoms with Crippen molar-refractivity contribution in [3.05, 3.63) is 94.0 Å². The molecule has 2 amide bonds. The zero-order valence-corrected chi connectivity index (χ0v) is 30.1. The number of hydrogen-bond donors (Lipinski definition) is 6. The number of nitrogens with one attached hydrogen (secondary N) is 5. The Morgan fingerprint density at radius 3 is 2.41 bits per heavy atom. The van der Waals surface area contributed by atoms with E-state index in [9.17, 15) is 19.5 Å². The number of aliphatic hydroxyl groups is 1. The van der Waals surface area contributed by atoms with Crippen LogP contribution < -0.4 is 21.4 Å². The Morgan fingerprint density at radius 2 is 1.71 bits per heavy atom. The highest BCUT2D eigenvalue weighted by molar-refractivity contribution is 5.95. The summed E-state index contributed by atoms with van der Waals surface area (Å²) in [6.07, 6.45) is 7.24. The number of imidazole rings is 1. The quantitative estimate of drug-likeness (QED) is 0.0607. The van der Waals surface area contributed by atoms with Crippen molar-refractivity contribution < 1.29 is 14.7 Å². The molecule has 1 saturated carbocycles. The first-order chi connectivity index (χ1) is 24.6. The number of aromatic nitrogens is 3. The minimum atomic E-state index is -0.118. The van der Waals surface area contributed by atoms with Gasteiger partial charge >= 0.3 is 0 Å². The van der Waals surface area contributed by atoms with Crippen LogP contribution in [0, 0.1) is 0 Å². The van der Waals surface area contributed by atoms with Gasteiger partial charge in [0.15, 0.2) is 11.3 Å². The molecule has 0 spiro atoms. The second-order valence-corrected chi connectivity index (χ2v) is 12.9. The van der Waals surface area contributed by atoms with Crippen molar-refractivity contribution in [2.75, 3.05) is 39.3 Å². The Labute approximate surface area is 298 Å². The minimum absolute atomic E-state index is 0.0226. The van der Waals surface area contributed by atoms with Crippen LogP contribution in [0.3, 0.4) is 0 Å². The maximum Gasteiger partial charge on any atom is 0.242 e. The fourth-order valence-corrected chi connectivity index (χ4v) is 6.07. The lowest BCUT2D eigenvalue weighted by molar-refractivity contribution is -0.131. The van der Waals surface area contributed by atoms with Crippen molar-refractivity contribution in [3.8, 4) is 11.3 Å².